The summed E-state index contributed by atoms with van der Waals surface area (Å²) in [6.07, 6.45) is 1.20. The maximum Gasteiger partial charge on any atom is 0.330 e. The third-order valence-corrected chi connectivity index (χ3v) is 3.82. The normalized spacial score (nSPS) is 22.5. The number of carbonyl (C=O) groups excluding carboxylic acids is 1. The zero-order valence-corrected chi connectivity index (χ0v) is 11.4. The smallest absolute Gasteiger partial charge is 0.330 e. The molecule has 3 N–H and O–H groups in total. The minimum atomic E-state index is -1.14. The first-order chi connectivity index (χ1) is 9.99. The van der Waals surface area contributed by atoms with E-state index in [0.29, 0.717) is 18.4 Å². The molecule has 1 unspecified atom stereocenters. The monoisotopic (exact) mass is 291 g/mol. The lowest BCUT2D eigenvalue weighted by Gasteiger charge is -2.17. The minimum absolute atomic E-state index is 0.266. The summed E-state index contributed by atoms with van der Waals surface area (Å²) in [5.41, 5.74) is 0.492. The third-order valence-electron chi connectivity index (χ3n) is 3.82. The van der Waals surface area contributed by atoms with Crippen molar-refractivity contribution in [2.45, 2.75) is 25.3 Å². The van der Waals surface area contributed by atoms with E-state index in [1.807, 2.05) is 0 Å². The number of carboxylic acids is 2. The van der Waals surface area contributed by atoms with Crippen LogP contribution in [-0.2, 0) is 14.4 Å². The van der Waals surface area contributed by atoms with Gasteiger partial charge in [-0.1, -0.05) is 30.3 Å². The fourth-order valence-electron chi connectivity index (χ4n) is 2.64. The Bertz CT molecular complexity index is 542. The molecule has 1 aliphatic rings. The van der Waals surface area contributed by atoms with Crippen molar-refractivity contribution in [1.82, 2.24) is 5.32 Å². The number of benzene rings is 1. The van der Waals surface area contributed by atoms with E-state index in [1.165, 1.54) is 0 Å². The largest absolute Gasteiger partial charge is 0.481 e. The summed E-state index contributed by atoms with van der Waals surface area (Å²) in [5.74, 6) is -3.38. The van der Waals surface area contributed by atoms with Gasteiger partial charge in [-0.25, -0.2) is 4.79 Å². The zero-order valence-electron chi connectivity index (χ0n) is 11.4. The Morgan fingerprint density at radius 2 is 1.67 bits per heavy atom. The van der Waals surface area contributed by atoms with Crippen LogP contribution >= 0.6 is 0 Å². The van der Waals surface area contributed by atoms with Crippen molar-refractivity contribution in [3.05, 3.63) is 35.9 Å². The molecule has 1 aliphatic carbocycles. The maximum atomic E-state index is 12.1. The van der Waals surface area contributed by atoms with Crippen LogP contribution in [0.5, 0.6) is 0 Å². The van der Waals surface area contributed by atoms with Gasteiger partial charge in [0.1, 0.15) is 0 Å². The number of carboxylic acid groups (broad SMARTS) is 2. The predicted molar refractivity (Wildman–Crippen MR) is 73.4 cm³/mol. The quantitative estimate of drug-likeness (QED) is 0.761. The molecule has 1 amide bonds. The number of carbonyl (C=O) groups is 3. The Hall–Kier alpha value is -2.37. The first kappa shape index (κ1) is 15.0. The van der Waals surface area contributed by atoms with Crippen LogP contribution in [0.3, 0.4) is 0 Å². The van der Waals surface area contributed by atoms with Crippen molar-refractivity contribution in [2.24, 2.45) is 11.8 Å². The molecule has 0 aromatic heterocycles. The van der Waals surface area contributed by atoms with Crippen LogP contribution in [0.25, 0.3) is 0 Å². The lowest BCUT2D eigenvalue weighted by atomic mass is 10.0. The van der Waals surface area contributed by atoms with Crippen LogP contribution in [-0.4, -0.2) is 28.1 Å². The molecular formula is C15H17NO5. The molecule has 0 aliphatic heterocycles. The van der Waals surface area contributed by atoms with Gasteiger partial charge in [-0.15, -0.1) is 0 Å². The van der Waals surface area contributed by atoms with Crippen LogP contribution < -0.4 is 5.32 Å². The fourth-order valence-corrected chi connectivity index (χ4v) is 2.64. The highest BCUT2D eigenvalue weighted by Gasteiger charge is 2.35. The zero-order chi connectivity index (χ0) is 15.4. The Morgan fingerprint density at radius 1 is 1.05 bits per heavy atom. The van der Waals surface area contributed by atoms with Gasteiger partial charge >= 0.3 is 11.9 Å². The summed E-state index contributed by atoms with van der Waals surface area (Å²) in [6.45, 7) is 0. The van der Waals surface area contributed by atoms with E-state index >= 15 is 0 Å². The number of amides is 1. The van der Waals surface area contributed by atoms with Gasteiger partial charge in [0.15, 0.2) is 6.04 Å². The van der Waals surface area contributed by atoms with Gasteiger partial charge in [0.05, 0.1) is 5.92 Å². The highest BCUT2D eigenvalue weighted by molar-refractivity contribution is 5.86. The molecule has 0 radical (unpaired) electrons. The maximum absolute atomic E-state index is 12.1. The van der Waals surface area contributed by atoms with Gasteiger partial charge in [-0.2, -0.15) is 0 Å². The number of hydrogen-bond donors (Lipinski definition) is 3. The second-order valence-corrected chi connectivity index (χ2v) is 5.24. The Morgan fingerprint density at radius 3 is 2.19 bits per heavy atom. The molecule has 21 heavy (non-hydrogen) atoms. The highest BCUT2D eigenvalue weighted by atomic mass is 16.4. The van der Waals surface area contributed by atoms with Crippen LogP contribution in [0, 0.1) is 11.8 Å². The third kappa shape index (κ3) is 3.59. The summed E-state index contributed by atoms with van der Waals surface area (Å²) in [7, 11) is 0. The molecule has 1 saturated carbocycles. The van der Waals surface area contributed by atoms with Crippen molar-refractivity contribution in [1.29, 1.82) is 0 Å². The fraction of sp³-hybridized carbons (Fsp3) is 0.400. The van der Waals surface area contributed by atoms with Gasteiger partial charge in [0, 0.05) is 5.92 Å². The molecule has 112 valence electrons. The molecule has 1 fully saturated rings. The van der Waals surface area contributed by atoms with Crippen molar-refractivity contribution in [3.8, 4) is 0 Å². The standard InChI is InChI=1S/C15H17NO5/c17-13(10-6-7-11(8-10)14(18)19)16-12(15(20)21)9-4-2-1-3-5-9/h1-5,10-12H,6-8H2,(H,16,17)(H,18,19)(H,20,21)/t10-,11+,12?/m1/s1. The molecule has 6 heteroatoms. The molecule has 1 aromatic carbocycles. The van der Waals surface area contributed by atoms with Gasteiger partial charge < -0.3 is 15.5 Å². The van der Waals surface area contributed by atoms with E-state index in [2.05, 4.69) is 5.32 Å². The van der Waals surface area contributed by atoms with E-state index < -0.39 is 35.7 Å². The number of rotatable bonds is 5. The highest BCUT2D eigenvalue weighted by Crippen LogP contribution is 2.31. The van der Waals surface area contributed by atoms with E-state index in [4.69, 9.17) is 5.11 Å². The average molecular weight is 291 g/mol. The molecule has 6 nitrogen and oxygen atoms in total. The summed E-state index contributed by atoms with van der Waals surface area (Å²) in [4.78, 5) is 34.3. The van der Waals surface area contributed by atoms with E-state index in [1.54, 1.807) is 30.3 Å². The van der Waals surface area contributed by atoms with Crippen molar-refractivity contribution >= 4 is 17.8 Å². The van der Waals surface area contributed by atoms with Crippen molar-refractivity contribution in [3.63, 3.8) is 0 Å². The van der Waals surface area contributed by atoms with Gasteiger partial charge in [-0.05, 0) is 24.8 Å². The van der Waals surface area contributed by atoms with Crippen LogP contribution in [0.2, 0.25) is 0 Å². The SMILES string of the molecule is O=C(O)C(NC(=O)[C@@H]1CC[C@H](C(=O)O)C1)c1ccccc1. The van der Waals surface area contributed by atoms with E-state index in [-0.39, 0.29) is 6.42 Å². The molecule has 0 saturated heterocycles. The predicted octanol–water partition coefficient (Wildman–Crippen LogP) is 1.43. The van der Waals surface area contributed by atoms with E-state index in [9.17, 15) is 19.5 Å². The first-order valence-corrected chi connectivity index (χ1v) is 6.80. The van der Waals surface area contributed by atoms with Crippen molar-refractivity contribution < 1.29 is 24.6 Å². The second kappa shape index (κ2) is 6.39. The second-order valence-electron chi connectivity index (χ2n) is 5.24. The Kier molecular flexibility index (Phi) is 4.57. The average Bonchev–Trinajstić information content (AvgIpc) is 2.95. The van der Waals surface area contributed by atoms with Gasteiger partial charge in [0.25, 0.3) is 0 Å². The van der Waals surface area contributed by atoms with Crippen LogP contribution in [0.4, 0.5) is 0 Å². The summed E-state index contributed by atoms with van der Waals surface area (Å²) >= 11 is 0. The van der Waals surface area contributed by atoms with Crippen LogP contribution in [0.1, 0.15) is 30.9 Å². The Balaban J connectivity index is 2.03. The molecule has 2 rings (SSSR count). The molecule has 1 aromatic rings. The molecule has 0 spiro atoms. The first-order valence-electron chi connectivity index (χ1n) is 6.80. The lowest BCUT2D eigenvalue weighted by molar-refractivity contribution is -0.143. The Labute approximate surface area is 121 Å². The summed E-state index contributed by atoms with van der Waals surface area (Å²) in [5, 5.41) is 20.7. The van der Waals surface area contributed by atoms with Crippen molar-refractivity contribution in [2.75, 3.05) is 0 Å². The molecular weight excluding hydrogens is 274 g/mol. The lowest BCUT2D eigenvalue weighted by Crippen LogP contribution is -2.37. The minimum Gasteiger partial charge on any atom is -0.481 e. The molecule has 0 heterocycles. The number of hydrogen-bond acceptors (Lipinski definition) is 3. The van der Waals surface area contributed by atoms with E-state index in [0.717, 1.165) is 0 Å². The molecule has 3 atom stereocenters. The summed E-state index contributed by atoms with van der Waals surface area (Å²) < 4.78 is 0. The number of nitrogens with one attached hydrogen (secondary N) is 1. The van der Waals surface area contributed by atoms with Crippen LogP contribution in [0.15, 0.2) is 30.3 Å². The number of aliphatic carboxylic acids is 2. The summed E-state index contributed by atoms with van der Waals surface area (Å²) in [6, 6.07) is 7.32. The topological polar surface area (TPSA) is 104 Å². The van der Waals surface area contributed by atoms with Gasteiger partial charge in [0.2, 0.25) is 5.91 Å². The van der Waals surface area contributed by atoms with Gasteiger partial charge in [-0.3, -0.25) is 9.59 Å². The molecule has 0 bridgehead atoms.